The van der Waals surface area contributed by atoms with Crippen LogP contribution in [0.5, 0.6) is 0 Å². The van der Waals surface area contributed by atoms with Gasteiger partial charge in [0.25, 0.3) is 0 Å². The van der Waals surface area contributed by atoms with Gasteiger partial charge in [-0.3, -0.25) is 14.5 Å². The number of rotatable bonds is 6. The third-order valence-corrected chi connectivity index (χ3v) is 6.42. The normalized spacial score (nSPS) is 25.2. The van der Waals surface area contributed by atoms with Crippen LogP contribution >= 0.6 is 0 Å². The van der Waals surface area contributed by atoms with E-state index in [1.165, 1.54) is 0 Å². The lowest BCUT2D eigenvalue weighted by molar-refractivity contribution is -0.127. The van der Waals surface area contributed by atoms with Crippen LogP contribution in [0, 0.1) is 11.3 Å². The van der Waals surface area contributed by atoms with Crippen molar-refractivity contribution in [2.45, 2.75) is 19.3 Å². The van der Waals surface area contributed by atoms with Gasteiger partial charge in [-0.15, -0.1) is 0 Å². The highest BCUT2D eigenvalue weighted by atomic mass is 16.5. The molecule has 1 aromatic carbocycles. The lowest BCUT2D eigenvalue weighted by atomic mass is 9.79. The molecule has 2 amide bonds. The summed E-state index contributed by atoms with van der Waals surface area (Å²) in [5.41, 5.74) is 0.897. The fraction of sp³-hybridized carbons (Fsp3) is 0.636. The molecule has 0 spiro atoms. The highest BCUT2D eigenvalue weighted by Gasteiger charge is 2.38. The number of carbonyl (C=O) groups is 2. The third-order valence-electron chi connectivity index (χ3n) is 6.42. The molecule has 4 rings (SSSR count). The summed E-state index contributed by atoms with van der Waals surface area (Å²) in [6.45, 7) is 6.97. The first-order valence-electron chi connectivity index (χ1n) is 10.7. The smallest absolute Gasteiger partial charge is 0.227 e. The topological polar surface area (TPSA) is 71.1 Å². The van der Waals surface area contributed by atoms with Crippen LogP contribution in [0.25, 0.3) is 0 Å². The van der Waals surface area contributed by atoms with Gasteiger partial charge in [-0.1, -0.05) is 18.2 Å². The predicted molar refractivity (Wildman–Crippen MR) is 110 cm³/mol. The minimum Gasteiger partial charge on any atom is -0.381 e. The molecule has 0 radical (unpaired) electrons. The molecule has 3 fully saturated rings. The van der Waals surface area contributed by atoms with Gasteiger partial charge in [-0.2, -0.15) is 0 Å². The van der Waals surface area contributed by atoms with E-state index < -0.39 is 0 Å². The molecule has 0 bridgehead atoms. The number of ether oxygens (including phenoxy) is 2. The van der Waals surface area contributed by atoms with Crippen molar-refractivity contribution in [3.63, 3.8) is 0 Å². The number of amides is 2. The van der Waals surface area contributed by atoms with E-state index in [-0.39, 0.29) is 29.6 Å². The largest absolute Gasteiger partial charge is 0.381 e. The summed E-state index contributed by atoms with van der Waals surface area (Å²) < 4.78 is 11.1. The van der Waals surface area contributed by atoms with Crippen LogP contribution in [0.2, 0.25) is 0 Å². The molecule has 7 nitrogen and oxygen atoms in total. The number of morpholine rings is 1. The van der Waals surface area contributed by atoms with Gasteiger partial charge in [-0.25, -0.2) is 0 Å². The zero-order valence-corrected chi connectivity index (χ0v) is 17.0. The van der Waals surface area contributed by atoms with Gasteiger partial charge in [0.05, 0.1) is 19.1 Å². The van der Waals surface area contributed by atoms with Crippen molar-refractivity contribution in [3.8, 4) is 0 Å². The second-order valence-electron chi connectivity index (χ2n) is 8.46. The molecule has 0 saturated carbocycles. The summed E-state index contributed by atoms with van der Waals surface area (Å²) in [5, 5.41) is 3.19. The first-order valence-corrected chi connectivity index (χ1v) is 10.7. The van der Waals surface area contributed by atoms with E-state index in [9.17, 15) is 9.59 Å². The fourth-order valence-corrected chi connectivity index (χ4v) is 4.59. The van der Waals surface area contributed by atoms with E-state index in [2.05, 4.69) is 10.2 Å². The summed E-state index contributed by atoms with van der Waals surface area (Å²) in [6, 6.07) is 9.58. The lowest BCUT2D eigenvalue weighted by Gasteiger charge is -2.42. The zero-order chi connectivity index (χ0) is 20.1. The van der Waals surface area contributed by atoms with Gasteiger partial charge in [-0.05, 0) is 25.0 Å². The molecule has 0 aromatic heterocycles. The van der Waals surface area contributed by atoms with Gasteiger partial charge in [0.2, 0.25) is 11.8 Å². The number of carbonyl (C=O) groups excluding carboxylic acids is 2. The Bertz CT molecular complexity index is 699. The maximum Gasteiger partial charge on any atom is 0.227 e. The second-order valence-corrected chi connectivity index (χ2v) is 8.46. The Kier molecular flexibility index (Phi) is 6.47. The first kappa shape index (κ1) is 20.3. The first-order chi connectivity index (χ1) is 14.2. The Morgan fingerprint density at radius 3 is 2.48 bits per heavy atom. The maximum atomic E-state index is 12.9. The molecule has 0 aliphatic carbocycles. The Morgan fingerprint density at radius 1 is 1.07 bits per heavy atom. The summed E-state index contributed by atoms with van der Waals surface area (Å²) in [4.78, 5) is 29.5. The molecule has 158 valence electrons. The molecule has 1 aromatic rings. The van der Waals surface area contributed by atoms with E-state index in [0.717, 1.165) is 64.6 Å². The van der Waals surface area contributed by atoms with Crippen LogP contribution in [0.1, 0.15) is 19.3 Å². The number of para-hydroxylation sites is 1. The van der Waals surface area contributed by atoms with E-state index >= 15 is 0 Å². The number of hydrogen-bond donors (Lipinski definition) is 1. The van der Waals surface area contributed by atoms with Crippen LogP contribution in [0.15, 0.2) is 30.3 Å². The molecular weight excluding hydrogens is 370 g/mol. The molecule has 3 aliphatic heterocycles. The molecular formula is C22H31N3O4. The van der Waals surface area contributed by atoms with E-state index in [1.807, 2.05) is 30.3 Å². The van der Waals surface area contributed by atoms with Gasteiger partial charge >= 0.3 is 0 Å². The monoisotopic (exact) mass is 401 g/mol. The predicted octanol–water partition coefficient (Wildman–Crippen LogP) is 1.28. The number of nitrogens with one attached hydrogen (secondary N) is 1. The minimum atomic E-state index is -0.289. The standard InChI is InChI=1S/C22H31N3O4/c26-20-14-18(15-25(20)19-4-2-1-3-5-19)21(27)23-16-22(6-10-28-11-7-22)17-24-8-12-29-13-9-24/h1-5,18H,6-17H2,(H,23,27). The third kappa shape index (κ3) is 4.97. The van der Waals surface area contributed by atoms with Gasteiger partial charge < -0.3 is 19.7 Å². The quantitative estimate of drug-likeness (QED) is 0.778. The van der Waals surface area contributed by atoms with Crippen molar-refractivity contribution >= 4 is 17.5 Å². The minimum absolute atomic E-state index is 0.00961. The summed E-state index contributed by atoms with van der Waals surface area (Å²) in [5.74, 6) is -0.280. The summed E-state index contributed by atoms with van der Waals surface area (Å²) in [7, 11) is 0. The van der Waals surface area contributed by atoms with Gasteiger partial charge in [0, 0.05) is 63.5 Å². The van der Waals surface area contributed by atoms with Crippen molar-refractivity contribution in [1.29, 1.82) is 0 Å². The average Bonchev–Trinajstić information content (AvgIpc) is 3.16. The van der Waals surface area contributed by atoms with E-state index in [1.54, 1.807) is 4.90 Å². The molecule has 1 unspecified atom stereocenters. The summed E-state index contributed by atoms with van der Waals surface area (Å²) >= 11 is 0. The van der Waals surface area contributed by atoms with Crippen LogP contribution in [0.4, 0.5) is 5.69 Å². The molecule has 1 atom stereocenters. The van der Waals surface area contributed by atoms with Gasteiger partial charge in [0.15, 0.2) is 0 Å². The van der Waals surface area contributed by atoms with Crippen molar-refractivity contribution in [3.05, 3.63) is 30.3 Å². The summed E-state index contributed by atoms with van der Waals surface area (Å²) in [6.07, 6.45) is 2.18. The molecule has 3 saturated heterocycles. The lowest BCUT2D eigenvalue weighted by Crippen LogP contribution is -2.51. The van der Waals surface area contributed by atoms with Crippen molar-refractivity contribution in [2.24, 2.45) is 11.3 Å². The van der Waals surface area contributed by atoms with Crippen molar-refractivity contribution in [2.75, 3.05) is 64.1 Å². The fourth-order valence-electron chi connectivity index (χ4n) is 4.59. The Hall–Kier alpha value is -1.96. The number of hydrogen-bond acceptors (Lipinski definition) is 5. The van der Waals surface area contributed by atoms with Crippen LogP contribution in [0.3, 0.4) is 0 Å². The average molecular weight is 402 g/mol. The molecule has 3 aliphatic rings. The van der Waals surface area contributed by atoms with Crippen LogP contribution < -0.4 is 10.2 Å². The molecule has 7 heteroatoms. The highest BCUT2D eigenvalue weighted by molar-refractivity contribution is 6.00. The number of benzene rings is 1. The Morgan fingerprint density at radius 2 is 1.76 bits per heavy atom. The number of anilines is 1. The molecule has 1 N–H and O–H groups in total. The Balaban J connectivity index is 1.35. The Labute approximate surface area is 172 Å². The maximum absolute atomic E-state index is 12.9. The van der Waals surface area contributed by atoms with Crippen LogP contribution in [-0.4, -0.2) is 75.9 Å². The van der Waals surface area contributed by atoms with Crippen LogP contribution in [-0.2, 0) is 19.1 Å². The van der Waals surface area contributed by atoms with E-state index in [4.69, 9.17) is 9.47 Å². The molecule has 3 heterocycles. The van der Waals surface area contributed by atoms with Crippen molar-refractivity contribution < 1.29 is 19.1 Å². The molecule has 29 heavy (non-hydrogen) atoms. The SMILES string of the molecule is O=C(NCC1(CN2CCOCC2)CCOCC1)C1CC(=O)N(c2ccccc2)C1. The second kappa shape index (κ2) is 9.24. The van der Waals surface area contributed by atoms with Gasteiger partial charge in [0.1, 0.15) is 0 Å². The number of nitrogens with zero attached hydrogens (tertiary/aromatic N) is 2. The highest BCUT2D eigenvalue weighted by Crippen LogP contribution is 2.32. The van der Waals surface area contributed by atoms with Crippen molar-refractivity contribution in [1.82, 2.24) is 10.2 Å². The van der Waals surface area contributed by atoms with E-state index in [0.29, 0.717) is 13.1 Å². The zero-order valence-electron chi connectivity index (χ0n) is 17.0.